The van der Waals surface area contributed by atoms with Crippen molar-refractivity contribution in [1.29, 1.82) is 0 Å². The average molecular weight is 216 g/mol. The summed E-state index contributed by atoms with van der Waals surface area (Å²) in [4.78, 5) is 7.19. The van der Waals surface area contributed by atoms with E-state index < -0.39 is 0 Å². The van der Waals surface area contributed by atoms with Crippen LogP contribution < -0.4 is 4.74 Å². The zero-order chi connectivity index (χ0) is 11.0. The van der Waals surface area contributed by atoms with Gasteiger partial charge in [-0.1, -0.05) is 18.2 Å². The molecule has 1 atom stereocenters. The third-order valence-corrected chi connectivity index (χ3v) is 3.39. The summed E-state index contributed by atoms with van der Waals surface area (Å²) in [6.07, 6.45) is 2.41. The Bertz CT molecular complexity index is 428. The maximum Gasteiger partial charge on any atom is 0.124 e. The number of methoxy groups -OCH3 is 1. The maximum atomic E-state index is 5.39. The summed E-state index contributed by atoms with van der Waals surface area (Å²) < 4.78 is 5.39. The number of hydrogen-bond donors (Lipinski definition) is 0. The van der Waals surface area contributed by atoms with Crippen molar-refractivity contribution in [1.82, 2.24) is 4.90 Å². The molecule has 0 bridgehead atoms. The van der Waals surface area contributed by atoms with Crippen molar-refractivity contribution in [3.05, 3.63) is 29.8 Å². The van der Waals surface area contributed by atoms with Gasteiger partial charge in [-0.2, -0.15) is 0 Å². The van der Waals surface area contributed by atoms with E-state index >= 15 is 0 Å². The number of amidine groups is 1. The van der Waals surface area contributed by atoms with E-state index in [0.29, 0.717) is 0 Å². The summed E-state index contributed by atoms with van der Waals surface area (Å²) in [5, 5.41) is 0. The lowest BCUT2D eigenvalue weighted by Crippen LogP contribution is -2.21. The van der Waals surface area contributed by atoms with Gasteiger partial charge in [-0.05, 0) is 12.5 Å². The molecule has 2 aliphatic heterocycles. The van der Waals surface area contributed by atoms with E-state index in [1.54, 1.807) is 7.11 Å². The van der Waals surface area contributed by atoms with E-state index in [4.69, 9.17) is 9.73 Å². The zero-order valence-corrected chi connectivity index (χ0v) is 9.52. The van der Waals surface area contributed by atoms with Crippen LogP contribution in [0.1, 0.15) is 24.4 Å². The molecule has 0 amide bonds. The summed E-state index contributed by atoms with van der Waals surface area (Å²) in [5.41, 5.74) is 1.21. The van der Waals surface area contributed by atoms with Gasteiger partial charge in [0.05, 0.1) is 19.0 Å². The second kappa shape index (κ2) is 3.81. The average Bonchev–Trinajstić information content (AvgIpc) is 2.89. The van der Waals surface area contributed by atoms with Gasteiger partial charge in [-0.25, -0.2) is 0 Å². The minimum atomic E-state index is 0.270. The van der Waals surface area contributed by atoms with Crippen LogP contribution in [0.25, 0.3) is 0 Å². The van der Waals surface area contributed by atoms with E-state index in [0.717, 1.165) is 18.7 Å². The van der Waals surface area contributed by atoms with E-state index in [2.05, 4.69) is 17.0 Å². The minimum absolute atomic E-state index is 0.270. The third-order valence-electron chi connectivity index (χ3n) is 3.39. The van der Waals surface area contributed by atoms with Crippen molar-refractivity contribution in [3.63, 3.8) is 0 Å². The summed E-state index contributed by atoms with van der Waals surface area (Å²) in [7, 11) is 1.72. The molecule has 1 aromatic rings. The van der Waals surface area contributed by atoms with Crippen LogP contribution in [0.3, 0.4) is 0 Å². The van der Waals surface area contributed by atoms with Gasteiger partial charge in [0, 0.05) is 25.1 Å². The molecule has 0 N–H and O–H groups in total. The Morgan fingerprint density at radius 2 is 2.25 bits per heavy atom. The third kappa shape index (κ3) is 1.47. The van der Waals surface area contributed by atoms with Crippen LogP contribution in [0.4, 0.5) is 0 Å². The molecule has 3 heteroatoms. The Morgan fingerprint density at radius 1 is 1.38 bits per heavy atom. The van der Waals surface area contributed by atoms with Gasteiger partial charge in [0.1, 0.15) is 5.75 Å². The predicted molar refractivity (Wildman–Crippen MR) is 64.0 cm³/mol. The number of aliphatic imine (C=N–C) groups is 1. The summed E-state index contributed by atoms with van der Waals surface area (Å²) >= 11 is 0. The van der Waals surface area contributed by atoms with Crippen molar-refractivity contribution in [2.45, 2.75) is 18.9 Å². The fraction of sp³-hybridized carbons (Fsp3) is 0.462. The van der Waals surface area contributed by atoms with E-state index in [1.807, 2.05) is 12.1 Å². The van der Waals surface area contributed by atoms with Gasteiger partial charge in [0.2, 0.25) is 0 Å². The van der Waals surface area contributed by atoms with Crippen LogP contribution in [-0.4, -0.2) is 30.9 Å². The van der Waals surface area contributed by atoms with E-state index in [1.165, 1.54) is 24.4 Å². The molecule has 16 heavy (non-hydrogen) atoms. The van der Waals surface area contributed by atoms with E-state index in [-0.39, 0.29) is 6.04 Å². The van der Waals surface area contributed by atoms with Crippen LogP contribution in [0.5, 0.6) is 5.75 Å². The van der Waals surface area contributed by atoms with Gasteiger partial charge in [-0.3, -0.25) is 4.99 Å². The standard InChI is InChI=1S/C13H16N2O/c1-16-12-6-3-2-5-10(12)11-9-15-8-4-7-13(15)14-11/h2-3,5-6,11H,4,7-9H2,1H3. The Kier molecular flexibility index (Phi) is 2.31. The van der Waals surface area contributed by atoms with Gasteiger partial charge in [0.15, 0.2) is 0 Å². The second-order valence-corrected chi connectivity index (χ2v) is 4.35. The zero-order valence-electron chi connectivity index (χ0n) is 9.52. The Labute approximate surface area is 95.7 Å². The SMILES string of the molecule is COc1ccccc1C1CN2CCCC2=N1. The van der Waals surface area contributed by atoms with Gasteiger partial charge < -0.3 is 9.64 Å². The highest BCUT2D eigenvalue weighted by atomic mass is 16.5. The smallest absolute Gasteiger partial charge is 0.124 e. The highest BCUT2D eigenvalue weighted by Gasteiger charge is 2.30. The summed E-state index contributed by atoms with van der Waals surface area (Å²) in [6, 6.07) is 8.47. The van der Waals surface area contributed by atoms with Crippen molar-refractivity contribution in [2.24, 2.45) is 4.99 Å². The van der Waals surface area contributed by atoms with Crippen LogP contribution >= 0.6 is 0 Å². The predicted octanol–water partition coefficient (Wildman–Crippen LogP) is 2.24. The lowest BCUT2D eigenvalue weighted by atomic mass is 10.1. The number of para-hydroxylation sites is 1. The number of fused-ring (bicyclic) bond motifs is 1. The van der Waals surface area contributed by atoms with E-state index in [9.17, 15) is 0 Å². The van der Waals surface area contributed by atoms with Gasteiger partial charge in [-0.15, -0.1) is 0 Å². The lowest BCUT2D eigenvalue weighted by molar-refractivity contribution is 0.398. The van der Waals surface area contributed by atoms with Crippen molar-refractivity contribution in [2.75, 3.05) is 20.2 Å². The second-order valence-electron chi connectivity index (χ2n) is 4.35. The van der Waals surface area contributed by atoms with Crippen LogP contribution in [-0.2, 0) is 0 Å². The molecule has 3 nitrogen and oxygen atoms in total. The molecule has 0 saturated carbocycles. The summed E-state index contributed by atoms with van der Waals surface area (Å²) in [5.74, 6) is 2.24. The molecule has 0 radical (unpaired) electrons. The number of nitrogens with zero attached hydrogens (tertiary/aromatic N) is 2. The Balaban J connectivity index is 1.91. The molecular weight excluding hydrogens is 200 g/mol. The van der Waals surface area contributed by atoms with Crippen molar-refractivity contribution >= 4 is 5.84 Å². The topological polar surface area (TPSA) is 24.8 Å². The molecule has 84 valence electrons. The normalized spacial score (nSPS) is 23.2. The first-order chi connectivity index (χ1) is 7.88. The largest absolute Gasteiger partial charge is 0.496 e. The first-order valence-corrected chi connectivity index (χ1v) is 5.83. The van der Waals surface area contributed by atoms with Crippen molar-refractivity contribution < 1.29 is 4.74 Å². The number of hydrogen-bond acceptors (Lipinski definition) is 3. The first-order valence-electron chi connectivity index (χ1n) is 5.83. The molecule has 1 aromatic carbocycles. The molecule has 2 aliphatic rings. The van der Waals surface area contributed by atoms with Crippen LogP contribution in [0.2, 0.25) is 0 Å². The number of ether oxygens (including phenoxy) is 1. The van der Waals surface area contributed by atoms with Gasteiger partial charge >= 0.3 is 0 Å². The fourth-order valence-corrected chi connectivity index (χ4v) is 2.60. The molecule has 0 aromatic heterocycles. The number of benzene rings is 1. The molecular formula is C13H16N2O. The molecule has 1 saturated heterocycles. The molecule has 1 unspecified atom stereocenters. The highest BCUT2D eigenvalue weighted by Crippen LogP contribution is 2.34. The summed E-state index contributed by atoms with van der Waals surface area (Å²) in [6.45, 7) is 2.19. The minimum Gasteiger partial charge on any atom is -0.496 e. The fourth-order valence-electron chi connectivity index (χ4n) is 2.60. The highest BCUT2D eigenvalue weighted by molar-refractivity contribution is 5.86. The first kappa shape index (κ1) is 9.70. The van der Waals surface area contributed by atoms with Crippen LogP contribution in [0.15, 0.2) is 29.3 Å². The lowest BCUT2D eigenvalue weighted by Gasteiger charge is -2.15. The van der Waals surface area contributed by atoms with Gasteiger partial charge in [0.25, 0.3) is 0 Å². The monoisotopic (exact) mass is 216 g/mol. The molecule has 0 spiro atoms. The quantitative estimate of drug-likeness (QED) is 0.757. The molecule has 2 heterocycles. The van der Waals surface area contributed by atoms with Crippen LogP contribution in [0, 0.1) is 0 Å². The Morgan fingerprint density at radius 3 is 3.06 bits per heavy atom. The number of rotatable bonds is 2. The Hall–Kier alpha value is -1.51. The molecule has 1 fully saturated rings. The molecule has 0 aliphatic carbocycles. The molecule has 3 rings (SSSR count). The van der Waals surface area contributed by atoms with Crippen molar-refractivity contribution in [3.8, 4) is 5.75 Å². The maximum absolute atomic E-state index is 5.39.